The van der Waals surface area contributed by atoms with E-state index in [1.165, 1.54) is 12.4 Å². The second kappa shape index (κ2) is 11.8. The summed E-state index contributed by atoms with van der Waals surface area (Å²) >= 11 is 3.87. The summed E-state index contributed by atoms with van der Waals surface area (Å²) in [6, 6.07) is 5.05. The Kier molecular flexibility index (Phi) is 9.38. The van der Waals surface area contributed by atoms with Crippen LogP contribution in [0, 0.1) is 6.92 Å². The van der Waals surface area contributed by atoms with Crippen molar-refractivity contribution in [2.75, 3.05) is 11.7 Å². The molecule has 2 aromatic rings. The van der Waals surface area contributed by atoms with Gasteiger partial charge in [0.25, 0.3) is 17.2 Å². The fourth-order valence-corrected chi connectivity index (χ4v) is 3.36. The van der Waals surface area contributed by atoms with Gasteiger partial charge in [0.1, 0.15) is 11.5 Å². The van der Waals surface area contributed by atoms with E-state index >= 15 is 0 Å². The molecule has 0 aliphatic heterocycles. The number of hydroxylamine groups is 1. The van der Waals surface area contributed by atoms with Gasteiger partial charge in [-0.15, -0.1) is 0 Å². The molecule has 0 aliphatic rings. The van der Waals surface area contributed by atoms with Crippen molar-refractivity contribution in [1.82, 2.24) is 13.9 Å². The Bertz CT molecular complexity index is 978. The fourth-order valence-electron chi connectivity index (χ4n) is 2.70. The third-order valence-corrected chi connectivity index (χ3v) is 5.23. The largest absolute Gasteiger partial charge is 0.330 e. The highest BCUT2D eigenvalue weighted by atomic mass is 35.5. The average Bonchev–Trinajstić information content (AvgIpc) is 3.10. The highest BCUT2D eigenvalue weighted by molar-refractivity contribution is 7.77. The summed E-state index contributed by atoms with van der Waals surface area (Å²) < 4.78 is 23.5. The lowest BCUT2D eigenvalue weighted by molar-refractivity contribution is -0.113. The third-order valence-electron chi connectivity index (χ3n) is 4.26. The Morgan fingerprint density at radius 1 is 1.39 bits per heavy atom. The van der Waals surface area contributed by atoms with Gasteiger partial charge in [-0.2, -0.15) is 5.06 Å². The molecular weight excluding hydrogens is 444 g/mol. The summed E-state index contributed by atoms with van der Waals surface area (Å²) in [5.41, 5.74) is 1.26. The van der Waals surface area contributed by atoms with E-state index in [1.54, 1.807) is 42.7 Å². The number of aromatic nitrogens is 2. The van der Waals surface area contributed by atoms with Crippen LogP contribution in [0.5, 0.6) is 0 Å². The van der Waals surface area contributed by atoms with Gasteiger partial charge in [0.05, 0.1) is 18.8 Å². The second-order valence-corrected chi connectivity index (χ2v) is 7.72. The number of anilines is 1. The molecule has 0 saturated carbocycles. The molecule has 0 radical (unpaired) electrons. The summed E-state index contributed by atoms with van der Waals surface area (Å²) in [6.45, 7) is 6.08. The zero-order valence-electron chi connectivity index (χ0n) is 17.5. The first-order valence-corrected chi connectivity index (χ1v) is 11.1. The number of allylic oxidation sites excluding steroid dienone is 1. The van der Waals surface area contributed by atoms with Gasteiger partial charge in [-0.25, -0.2) is 13.5 Å². The van der Waals surface area contributed by atoms with Crippen molar-refractivity contribution >= 4 is 40.9 Å². The van der Waals surface area contributed by atoms with Crippen molar-refractivity contribution in [2.24, 2.45) is 0 Å². The monoisotopic (exact) mass is 468 g/mol. The van der Waals surface area contributed by atoms with Crippen molar-refractivity contribution in [3.63, 3.8) is 0 Å². The maximum Gasteiger partial charge on any atom is 0.291 e. The van der Waals surface area contributed by atoms with Gasteiger partial charge in [0.2, 0.25) is 6.41 Å². The molecule has 31 heavy (non-hydrogen) atoms. The van der Waals surface area contributed by atoms with Crippen LogP contribution in [0.1, 0.15) is 48.6 Å². The van der Waals surface area contributed by atoms with Crippen LogP contribution in [-0.4, -0.2) is 41.5 Å². The molecule has 0 spiro atoms. The Labute approximate surface area is 188 Å². The summed E-state index contributed by atoms with van der Waals surface area (Å²) in [6.07, 6.45) is 6.53. The molecule has 11 heteroatoms. The van der Waals surface area contributed by atoms with E-state index in [1.807, 2.05) is 6.92 Å². The minimum Gasteiger partial charge on any atom is -0.330 e. The lowest BCUT2D eigenvalue weighted by Gasteiger charge is -2.17. The first kappa shape index (κ1) is 24.7. The van der Waals surface area contributed by atoms with E-state index in [0.717, 1.165) is 21.4 Å². The standard InChI is InChI=1S/C20H25ClN4O5S/c1-4-6-7-10-25(31(28)29)20(27)19-13-23(15(3)22-19)12-16-8-9-17(11-18(16)21)24(14-26)30-5-2/h7-11,13-14H,4-6,12H2,1-3H3,(H,28,29)/b10-7+. The first-order valence-electron chi connectivity index (χ1n) is 9.63. The normalized spacial score (nSPS) is 12.2. The SMILES string of the molecule is CCC/C=C/N(C(=O)c1cn(Cc2ccc(N(C=O)OCC)cc2Cl)c(C)n1)S(=O)O. The number of nitrogens with zero attached hydrogens (tertiary/aromatic N) is 4. The Morgan fingerprint density at radius 2 is 2.13 bits per heavy atom. The highest BCUT2D eigenvalue weighted by Crippen LogP contribution is 2.25. The molecule has 1 N–H and O–H groups in total. The van der Waals surface area contributed by atoms with E-state index in [2.05, 4.69) is 4.98 Å². The molecule has 1 heterocycles. The zero-order valence-corrected chi connectivity index (χ0v) is 19.1. The Hall–Kier alpha value is -2.53. The van der Waals surface area contributed by atoms with Gasteiger partial charge in [0.15, 0.2) is 0 Å². The lowest BCUT2D eigenvalue weighted by atomic mass is 10.2. The van der Waals surface area contributed by atoms with E-state index in [0.29, 0.717) is 42.5 Å². The van der Waals surface area contributed by atoms with E-state index in [4.69, 9.17) is 16.4 Å². The van der Waals surface area contributed by atoms with Gasteiger partial charge >= 0.3 is 0 Å². The predicted octanol–water partition coefficient (Wildman–Crippen LogP) is 3.70. The number of aryl methyl sites for hydroxylation is 1. The molecule has 1 aromatic carbocycles. The van der Waals surface area contributed by atoms with E-state index < -0.39 is 17.2 Å². The van der Waals surface area contributed by atoms with E-state index in [-0.39, 0.29) is 5.69 Å². The van der Waals surface area contributed by atoms with Crippen molar-refractivity contribution in [1.29, 1.82) is 0 Å². The molecule has 1 atom stereocenters. The smallest absolute Gasteiger partial charge is 0.291 e. The fraction of sp³-hybridized carbons (Fsp3) is 0.350. The summed E-state index contributed by atoms with van der Waals surface area (Å²) in [5.74, 6) is -0.150. The number of carbonyl (C=O) groups excluding carboxylic acids is 2. The molecule has 9 nitrogen and oxygen atoms in total. The molecule has 0 fully saturated rings. The first-order chi connectivity index (χ1) is 14.8. The number of rotatable bonds is 11. The van der Waals surface area contributed by atoms with Crippen LogP contribution in [0.15, 0.2) is 36.7 Å². The number of halogens is 1. The average molecular weight is 469 g/mol. The molecule has 1 aromatic heterocycles. The highest BCUT2D eigenvalue weighted by Gasteiger charge is 2.22. The van der Waals surface area contributed by atoms with Gasteiger partial charge in [-0.3, -0.25) is 19.0 Å². The van der Waals surface area contributed by atoms with Gasteiger partial charge in [-0.05, 0) is 38.0 Å². The Balaban J connectivity index is 2.24. The Morgan fingerprint density at radius 3 is 2.71 bits per heavy atom. The summed E-state index contributed by atoms with van der Waals surface area (Å²) in [4.78, 5) is 33.2. The summed E-state index contributed by atoms with van der Waals surface area (Å²) in [5, 5.41) is 1.50. The zero-order chi connectivity index (χ0) is 23.0. The molecule has 1 unspecified atom stereocenters. The second-order valence-electron chi connectivity index (χ2n) is 6.46. The maximum absolute atomic E-state index is 12.6. The molecule has 0 saturated heterocycles. The summed E-state index contributed by atoms with van der Waals surface area (Å²) in [7, 11) is 0. The quantitative estimate of drug-likeness (QED) is 0.306. The molecule has 0 aliphatic carbocycles. The van der Waals surface area contributed by atoms with Crippen LogP contribution in [-0.2, 0) is 27.4 Å². The number of imidazole rings is 1. The molecule has 2 rings (SSSR count). The van der Waals surface area contributed by atoms with Gasteiger partial charge < -0.3 is 4.57 Å². The topological polar surface area (TPSA) is 105 Å². The van der Waals surface area contributed by atoms with Gasteiger partial charge in [-0.1, -0.05) is 37.1 Å². The number of unbranched alkanes of at least 4 members (excludes halogenated alkanes) is 1. The predicted molar refractivity (Wildman–Crippen MR) is 119 cm³/mol. The number of benzene rings is 1. The van der Waals surface area contributed by atoms with E-state index in [9.17, 15) is 18.4 Å². The van der Waals surface area contributed by atoms with Crippen molar-refractivity contribution in [3.8, 4) is 0 Å². The van der Waals surface area contributed by atoms with Crippen LogP contribution in [0.25, 0.3) is 0 Å². The van der Waals surface area contributed by atoms with Crippen molar-refractivity contribution in [2.45, 2.75) is 40.2 Å². The molecule has 0 bridgehead atoms. The van der Waals surface area contributed by atoms with Crippen LogP contribution < -0.4 is 5.06 Å². The molecular formula is C20H25ClN4O5S. The molecule has 2 amide bonds. The van der Waals surface area contributed by atoms with Crippen LogP contribution >= 0.6 is 11.6 Å². The van der Waals surface area contributed by atoms with Crippen LogP contribution in [0.3, 0.4) is 0 Å². The van der Waals surface area contributed by atoms with Crippen molar-refractivity contribution in [3.05, 3.63) is 58.8 Å². The maximum atomic E-state index is 12.6. The van der Waals surface area contributed by atoms with Crippen molar-refractivity contribution < 1.29 is 23.2 Å². The molecule has 168 valence electrons. The minimum absolute atomic E-state index is 0.0391. The number of hydrogen-bond acceptors (Lipinski definition) is 5. The van der Waals surface area contributed by atoms with Crippen LogP contribution in [0.2, 0.25) is 5.02 Å². The lowest BCUT2D eigenvalue weighted by Crippen LogP contribution is -2.27. The minimum atomic E-state index is -2.50. The number of hydrogen-bond donors (Lipinski definition) is 1. The van der Waals surface area contributed by atoms with Gasteiger partial charge in [0, 0.05) is 17.4 Å². The third kappa shape index (κ3) is 6.47. The van der Waals surface area contributed by atoms with Crippen LogP contribution in [0.4, 0.5) is 5.69 Å². The number of carbonyl (C=O) groups is 2. The number of amides is 2.